The van der Waals surface area contributed by atoms with Crippen LogP contribution in [0, 0.1) is 5.41 Å². The minimum Gasteiger partial charge on any atom is -0.478 e. The number of amides is 1. The summed E-state index contributed by atoms with van der Waals surface area (Å²) >= 11 is 0. The normalized spacial score (nSPS) is 12.1. The molecule has 0 aliphatic heterocycles. The zero-order valence-corrected chi connectivity index (χ0v) is 18.8. The Morgan fingerprint density at radius 1 is 1.09 bits per heavy atom. The van der Waals surface area contributed by atoms with Gasteiger partial charge in [0, 0.05) is 11.8 Å². The molecule has 0 spiro atoms. The van der Waals surface area contributed by atoms with Crippen LogP contribution in [0.25, 0.3) is 11.0 Å². The predicted molar refractivity (Wildman–Crippen MR) is 126 cm³/mol. The van der Waals surface area contributed by atoms with Crippen molar-refractivity contribution in [3.8, 4) is 0 Å². The summed E-state index contributed by atoms with van der Waals surface area (Å²) in [6.07, 6.45) is 2.15. The van der Waals surface area contributed by atoms with Crippen molar-refractivity contribution in [2.24, 2.45) is 0 Å². The smallest absolute Gasteiger partial charge is 0.336 e. The molecule has 3 rings (SSSR count). The van der Waals surface area contributed by atoms with Crippen molar-refractivity contribution >= 4 is 28.6 Å². The van der Waals surface area contributed by atoms with Crippen LogP contribution < -0.4 is 5.32 Å². The first kappa shape index (κ1) is 24.1. The Hall–Kier alpha value is -3.55. The third kappa shape index (κ3) is 5.63. The molecule has 8 heteroatoms. The third-order valence-corrected chi connectivity index (χ3v) is 5.54. The summed E-state index contributed by atoms with van der Waals surface area (Å²) < 4.78 is 14.7. The second-order valence-electron chi connectivity index (χ2n) is 8.28. The lowest BCUT2D eigenvalue weighted by Gasteiger charge is -2.22. The van der Waals surface area contributed by atoms with Gasteiger partial charge in [-0.3, -0.25) is 4.79 Å². The molecule has 1 aromatic heterocycles. The highest BCUT2D eigenvalue weighted by Crippen LogP contribution is 2.28. The molecule has 0 aliphatic rings. The Labute approximate surface area is 192 Å². The molecule has 2 aromatic carbocycles. The van der Waals surface area contributed by atoms with Gasteiger partial charge in [0.25, 0.3) is 5.91 Å². The molecule has 0 fully saturated rings. The van der Waals surface area contributed by atoms with Crippen LogP contribution in [0.1, 0.15) is 78.2 Å². The number of para-hydroxylation sites is 2. The number of carboxylic acids is 1. The zero-order valence-electron chi connectivity index (χ0n) is 18.8. The maximum atomic E-state index is 13.1. The molecule has 1 atom stereocenters. The van der Waals surface area contributed by atoms with E-state index in [-0.39, 0.29) is 22.9 Å². The van der Waals surface area contributed by atoms with Gasteiger partial charge in [0.2, 0.25) is 0 Å². The maximum absolute atomic E-state index is 13.1. The number of carbonyl (C=O) groups is 2. The quantitative estimate of drug-likeness (QED) is 0.270. The first-order chi connectivity index (χ1) is 15.8. The number of fused-ring (bicyclic) bond motifs is 1. The van der Waals surface area contributed by atoms with Gasteiger partial charge in [-0.1, -0.05) is 30.7 Å². The molecular weight excluding hydrogens is 423 g/mol. The Morgan fingerprint density at radius 2 is 1.76 bits per heavy atom. The first-order valence-electron chi connectivity index (χ1n) is 11.1. The average Bonchev–Trinajstić information content (AvgIpc) is 3.20. The van der Waals surface area contributed by atoms with Gasteiger partial charge in [0.1, 0.15) is 12.5 Å². The van der Waals surface area contributed by atoms with Crippen molar-refractivity contribution in [2.45, 2.75) is 51.6 Å². The first-order valence-corrected chi connectivity index (χ1v) is 11.1. The highest BCUT2D eigenvalue weighted by Gasteiger charge is 2.25. The molecule has 0 saturated heterocycles. The summed E-state index contributed by atoms with van der Waals surface area (Å²) in [6.45, 7) is 3.33. The Balaban J connectivity index is 1.95. The highest BCUT2D eigenvalue weighted by atomic mass is 19.1. The molecule has 174 valence electrons. The topological polar surface area (TPSA) is 108 Å². The lowest BCUT2D eigenvalue weighted by molar-refractivity contribution is 0.0690. The molecule has 3 aromatic rings. The lowest BCUT2D eigenvalue weighted by Crippen LogP contribution is -2.32. The van der Waals surface area contributed by atoms with E-state index in [0.717, 1.165) is 11.0 Å². The van der Waals surface area contributed by atoms with Crippen LogP contribution in [0.4, 0.5) is 4.39 Å². The van der Waals surface area contributed by atoms with Crippen molar-refractivity contribution in [2.75, 3.05) is 6.67 Å². The zero-order chi connectivity index (χ0) is 24.0. The summed E-state index contributed by atoms with van der Waals surface area (Å²) in [5, 5.41) is 20.0. The second-order valence-corrected chi connectivity index (χ2v) is 8.28. The number of unbranched alkanes of at least 4 members (excludes halogenated alkanes) is 1. The minimum absolute atomic E-state index is 0.0559. The van der Waals surface area contributed by atoms with Crippen LogP contribution in [-0.4, -0.2) is 38.9 Å². The van der Waals surface area contributed by atoms with Gasteiger partial charge in [-0.2, -0.15) is 0 Å². The molecule has 1 amide bonds. The molecular formula is C25H29FN4O3. The number of hydrogen-bond acceptors (Lipinski definition) is 4. The fourth-order valence-corrected chi connectivity index (χ4v) is 3.97. The van der Waals surface area contributed by atoms with Crippen LogP contribution in [0.2, 0.25) is 0 Å². The van der Waals surface area contributed by atoms with E-state index in [9.17, 15) is 19.1 Å². The monoisotopic (exact) mass is 452 g/mol. The number of carbonyl (C=O) groups excluding carboxylic acids is 1. The minimum atomic E-state index is -1.17. The van der Waals surface area contributed by atoms with Crippen molar-refractivity contribution in [1.82, 2.24) is 14.9 Å². The number of imidazole rings is 1. The van der Waals surface area contributed by atoms with Crippen LogP contribution >= 0.6 is 0 Å². The number of aromatic carboxylic acids is 1. The van der Waals surface area contributed by atoms with Crippen molar-refractivity contribution < 1.29 is 19.1 Å². The number of hydrogen-bond donors (Lipinski definition) is 3. The third-order valence-electron chi connectivity index (χ3n) is 5.54. The number of aromatic nitrogens is 2. The summed E-state index contributed by atoms with van der Waals surface area (Å²) in [5.41, 5.74) is 1.83. The Morgan fingerprint density at radius 3 is 2.42 bits per heavy atom. The van der Waals surface area contributed by atoms with Gasteiger partial charge < -0.3 is 20.4 Å². The number of nitrogens with one attached hydrogen (secondary N) is 2. The number of nitrogens with zero attached hydrogens (tertiary/aromatic N) is 2. The van der Waals surface area contributed by atoms with Gasteiger partial charge in [0.15, 0.2) is 0 Å². The molecule has 0 saturated carbocycles. The molecule has 0 bridgehead atoms. The van der Waals surface area contributed by atoms with E-state index in [4.69, 9.17) is 10.4 Å². The van der Waals surface area contributed by atoms with Gasteiger partial charge in [-0.05, 0) is 57.4 Å². The van der Waals surface area contributed by atoms with Crippen LogP contribution in [-0.2, 0) is 0 Å². The van der Waals surface area contributed by atoms with Crippen molar-refractivity contribution in [3.05, 3.63) is 65.5 Å². The average molecular weight is 453 g/mol. The molecule has 0 aliphatic carbocycles. The summed E-state index contributed by atoms with van der Waals surface area (Å²) in [7, 11) is 0. The van der Waals surface area contributed by atoms with E-state index in [0.29, 0.717) is 31.5 Å². The number of rotatable bonds is 11. The number of benzene rings is 2. The summed E-state index contributed by atoms with van der Waals surface area (Å²) in [6, 6.07) is 13.4. The fourth-order valence-electron chi connectivity index (χ4n) is 3.97. The standard InChI is InChI=1S/C25H29FN4O3/c1-16(2)30-22-14-8-7-12-20(22)28-23(30)21(13-6-3-9-17(27)15-26)29-24(31)18-10-4-5-11-19(18)25(32)33/h4-5,7-8,10-12,14,16,21,27H,3,6,9,13,15H2,1-2H3,(H,29,31)(H,32,33)/t21-/m0/s1. The van der Waals surface area contributed by atoms with E-state index in [2.05, 4.69) is 9.88 Å². The largest absolute Gasteiger partial charge is 0.478 e. The van der Waals surface area contributed by atoms with E-state index in [1.54, 1.807) is 12.1 Å². The van der Waals surface area contributed by atoms with E-state index in [1.165, 1.54) is 12.1 Å². The van der Waals surface area contributed by atoms with E-state index >= 15 is 0 Å². The van der Waals surface area contributed by atoms with Crippen molar-refractivity contribution in [1.29, 1.82) is 5.41 Å². The number of halogens is 1. The van der Waals surface area contributed by atoms with Gasteiger partial charge in [0.05, 0.1) is 28.2 Å². The van der Waals surface area contributed by atoms with E-state index in [1.807, 2.05) is 38.1 Å². The fraction of sp³-hybridized carbons (Fsp3) is 0.360. The lowest BCUT2D eigenvalue weighted by atomic mass is 10.0. The molecule has 1 heterocycles. The van der Waals surface area contributed by atoms with Crippen molar-refractivity contribution in [3.63, 3.8) is 0 Å². The molecule has 7 nitrogen and oxygen atoms in total. The molecule has 0 unspecified atom stereocenters. The summed E-state index contributed by atoms with van der Waals surface area (Å²) in [5.74, 6) is -0.971. The molecule has 0 radical (unpaired) electrons. The van der Waals surface area contributed by atoms with Crippen LogP contribution in [0.15, 0.2) is 48.5 Å². The predicted octanol–water partition coefficient (Wildman–Crippen LogP) is 5.34. The van der Waals surface area contributed by atoms with Gasteiger partial charge >= 0.3 is 5.97 Å². The second kappa shape index (κ2) is 10.8. The number of carboxylic acid groups (broad SMARTS) is 1. The maximum Gasteiger partial charge on any atom is 0.336 e. The molecule has 33 heavy (non-hydrogen) atoms. The van der Waals surface area contributed by atoms with Gasteiger partial charge in [-0.25, -0.2) is 14.2 Å². The molecule has 3 N–H and O–H groups in total. The van der Waals surface area contributed by atoms with Crippen LogP contribution in [0.5, 0.6) is 0 Å². The Bertz CT molecular complexity index is 1160. The van der Waals surface area contributed by atoms with Gasteiger partial charge in [-0.15, -0.1) is 0 Å². The van der Waals surface area contributed by atoms with Crippen LogP contribution in [0.3, 0.4) is 0 Å². The number of alkyl halides is 1. The summed E-state index contributed by atoms with van der Waals surface area (Å²) in [4.78, 5) is 29.5. The van der Waals surface area contributed by atoms with E-state index < -0.39 is 24.6 Å². The SMILES string of the molecule is CC(C)n1c([C@H](CCCCC(=N)CF)NC(=O)c2ccccc2C(=O)O)nc2ccccc21. The Kier molecular flexibility index (Phi) is 7.92. The highest BCUT2D eigenvalue weighted by molar-refractivity contribution is 6.04.